The largest absolute Gasteiger partial charge is 0.435 e. The number of hydrogen-bond acceptors (Lipinski definition) is 5. The van der Waals surface area contributed by atoms with E-state index in [0.717, 1.165) is 51.0 Å². The lowest BCUT2D eigenvalue weighted by Crippen LogP contribution is -2.28. The van der Waals surface area contributed by atoms with Crippen LogP contribution in [0.3, 0.4) is 0 Å². The minimum atomic E-state index is 0.663. The molecule has 0 unspecified atom stereocenters. The maximum Gasteiger partial charge on any atom is 0.227 e. The molecule has 0 saturated heterocycles. The van der Waals surface area contributed by atoms with Crippen molar-refractivity contribution in [1.82, 2.24) is 9.97 Å². The molecule has 0 bridgehead atoms. The van der Waals surface area contributed by atoms with Gasteiger partial charge in [-0.05, 0) is 50.6 Å². The van der Waals surface area contributed by atoms with Crippen LogP contribution in [0.25, 0.3) is 22.1 Å². The first-order valence-corrected chi connectivity index (χ1v) is 8.53. The van der Waals surface area contributed by atoms with Gasteiger partial charge in [0.15, 0.2) is 17.6 Å². The molecule has 5 heteroatoms. The number of nitrogens with zero attached hydrogens (tertiary/aromatic N) is 4. The molecule has 0 saturated carbocycles. The minimum absolute atomic E-state index is 0.663. The molecule has 0 aliphatic carbocycles. The topological polar surface area (TPSA) is 45.4 Å². The Morgan fingerprint density at radius 3 is 2.69 bits per heavy atom. The fourth-order valence-corrected chi connectivity index (χ4v) is 3.66. The molecule has 4 heterocycles. The predicted molar refractivity (Wildman–Crippen MR) is 104 cm³/mol. The Labute approximate surface area is 151 Å². The number of furan rings is 1. The second-order valence-electron chi connectivity index (χ2n) is 6.67. The molecule has 0 fully saturated rings. The van der Waals surface area contributed by atoms with Crippen LogP contribution in [0.5, 0.6) is 0 Å². The fourth-order valence-electron chi connectivity index (χ4n) is 3.66. The van der Waals surface area contributed by atoms with Crippen molar-refractivity contribution in [2.45, 2.75) is 13.8 Å². The van der Waals surface area contributed by atoms with Gasteiger partial charge >= 0.3 is 0 Å². The van der Waals surface area contributed by atoms with E-state index in [1.54, 1.807) is 6.20 Å². The lowest BCUT2D eigenvalue weighted by molar-refractivity contribution is 0.651. The normalized spacial score (nSPS) is 14.6. The quantitative estimate of drug-likeness (QED) is 0.492. The zero-order valence-electron chi connectivity index (χ0n) is 14.9. The molecule has 5 nitrogen and oxygen atoms in total. The van der Waals surface area contributed by atoms with E-state index in [1.165, 1.54) is 0 Å². The van der Waals surface area contributed by atoms with Gasteiger partial charge in [-0.3, -0.25) is 0 Å². The van der Waals surface area contributed by atoms with Crippen LogP contribution in [0, 0.1) is 26.9 Å². The minimum Gasteiger partial charge on any atom is -0.435 e. The molecule has 0 spiro atoms. The Morgan fingerprint density at radius 2 is 1.85 bits per heavy atom. The summed E-state index contributed by atoms with van der Waals surface area (Å²) in [6, 6.07) is 12.3. The number of pyridine rings is 2. The molecular formula is C21H18N4O. The third-order valence-electron chi connectivity index (χ3n) is 5.02. The number of benzene rings is 1. The summed E-state index contributed by atoms with van der Waals surface area (Å²) in [7, 11) is 1.98. The smallest absolute Gasteiger partial charge is 0.227 e. The van der Waals surface area contributed by atoms with Gasteiger partial charge in [0.05, 0.1) is 11.4 Å². The van der Waals surface area contributed by atoms with Gasteiger partial charge in [0.25, 0.3) is 0 Å². The standard InChI is InChI=1S/C21H18N4O/c1-12-7-9-15-16-10-8-13(2)23-21(16)26-19(15)18(12)25-14(3)24(4)20-17(25)6-5-11-22-20/h5-11H,3H2,1-2,4H3. The van der Waals surface area contributed by atoms with Crippen molar-refractivity contribution in [2.75, 3.05) is 16.8 Å². The van der Waals surface area contributed by atoms with Crippen LogP contribution in [-0.4, -0.2) is 17.0 Å². The molecular weight excluding hydrogens is 324 g/mol. The van der Waals surface area contributed by atoms with Gasteiger partial charge in [0, 0.05) is 29.7 Å². The van der Waals surface area contributed by atoms with Crippen molar-refractivity contribution >= 4 is 39.3 Å². The summed E-state index contributed by atoms with van der Waals surface area (Å²) < 4.78 is 6.22. The Bertz CT molecular complexity index is 1160. The number of anilines is 3. The number of aryl methyl sites for hydroxylation is 2. The lowest BCUT2D eigenvalue weighted by atomic mass is 10.1. The van der Waals surface area contributed by atoms with E-state index >= 15 is 0 Å². The van der Waals surface area contributed by atoms with Crippen molar-refractivity contribution in [1.29, 1.82) is 0 Å². The average Bonchev–Trinajstić information content (AvgIpc) is 3.11. The zero-order chi connectivity index (χ0) is 18.0. The van der Waals surface area contributed by atoms with Crippen LogP contribution >= 0.6 is 0 Å². The Balaban J connectivity index is 1.84. The Morgan fingerprint density at radius 1 is 1.04 bits per heavy atom. The molecule has 1 aliphatic rings. The SMILES string of the molecule is [CH2][C]1N(C)c2ncccc2N1c1c(C)ccc2c1oc1nc(C)ccc12. The van der Waals surface area contributed by atoms with E-state index in [-0.39, 0.29) is 0 Å². The summed E-state index contributed by atoms with van der Waals surface area (Å²) in [5, 5.41) is 2.08. The van der Waals surface area contributed by atoms with Crippen LogP contribution in [0.2, 0.25) is 0 Å². The van der Waals surface area contributed by atoms with Gasteiger partial charge in [0.2, 0.25) is 5.71 Å². The second-order valence-corrected chi connectivity index (χ2v) is 6.67. The van der Waals surface area contributed by atoms with Gasteiger partial charge in [-0.25, -0.2) is 9.97 Å². The van der Waals surface area contributed by atoms with E-state index < -0.39 is 0 Å². The maximum atomic E-state index is 6.22. The third-order valence-corrected chi connectivity index (χ3v) is 5.02. The maximum absolute atomic E-state index is 6.22. The van der Waals surface area contributed by atoms with Crippen molar-refractivity contribution in [3.05, 3.63) is 66.9 Å². The monoisotopic (exact) mass is 342 g/mol. The van der Waals surface area contributed by atoms with Crippen molar-refractivity contribution < 1.29 is 4.42 Å². The highest BCUT2D eigenvalue weighted by Gasteiger charge is 2.36. The number of hydrogen-bond donors (Lipinski definition) is 0. The first-order valence-electron chi connectivity index (χ1n) is 8.53. The summed E-state index contributed by atoms with van der Waals surface area (Å²) in [5.74, 6) is 0.888. The van der Waals surface area contributed by atoms with E-state index in [9.17, 15) is 0 Å². The van der Waals surface area contributed by atoms with Gasteiger partial charge in [-0.2, -0.15) is 0 Å². The molecule has 128 valence electrons. The van der Waals surface area contributed by atoms with Gasteiger partial charge < -0.3 is 14.2 Å². The van der Waals surface area contributed by atoms with E-state index in [2.05, 4.69) is 53.0 Å². The van der Waals surface area contributed by atoms with Crippen molar-refractivity contribution in [3.63, 3.8) is 0 Å². The van der Waals surface area contributed by atoms with Gasteiger partial charge in [0.1, 0.15) is 0 Å². The number of fused-ring (bicyclic) bond motifs is 4. The molecule has 3 aromatic heterocycles. The molecule has 0 amide bonds. The van der Waals surface area contributed by atoms with Crippen LogP contribution in [0.15, 0.2) is 47.0 Å². The lowest BCUT2D eigenvalue weighted by Gasteiger charge is -2.27. The fraction of sp³-hybridized carbons (Fsp3) is 0.143. The first-order chi connectivity index (χ1) is 12.6. The Hall–Kier alpha value is -3.08. The number of aromatic nitrogens is 2. The molecule has 5 rings (SSSR count). The first kappa shape index (κ1) is 15.2. The third kappa shape index (κ3) is 1.91. The molecule has 2 radical (unpaired) electrons. The summed E-state index contributed by atoms with van der Waals surface area (Å²) in [5.41, 5.74) is 5.52. The van der Waals surface area contributed by atoms with E-state index in [1.807, 2.05) is 31.0 Å². The summed E-state index contributed by atoms with van der Waals surface area (Å²) in [6.07, 6.45) is 2.65. The molecule has 1 aromatic carbocycles. The molecule has 0 atom stereocenters. The van der Waals surface area contributed by atoms with Crippen molar-refractivity contribution in [3.8, 4) is 0 Å². The molecule has 0 N–H and O–H groups in total. The highest BCUT2D eigenvalue weighted by Crippen LogP contribution is 2.49. The highest BCUT2D eigenvalue weighted by atomic mass is 16.3. The summed E-state index contributed by atoms with van der Waals surface area (Å²) >= 11 is 0. The van der Waals surface area contributed by atoms with E-state index in [4.69, 9.17) is 4.42 Å². The van der Waals surface area contributed by atoms with Crippen LogP contribution in [0.4, 0.5) is 17.2 Å². The predicted octanol–water partition coefficient (Wildman–Crippen LogP) is 4.90. The van der Waals surface area contributed by atoms with E-state index in [0.29, 0.717) is 5.71 Å². The van der Waals surface area contributed by atoms with Gasteiger partial charge in [-0.1, -0.05) is 12.1 Å². The zero-order valence-corrected chi connectivity index (χ0v) is 14.9. The Kier molecular flexibility index (Phi) is 3.04. The van der Waals surface area contributed by atoms with Gasteiger partial charge in [-0.15, -0.1) is 0 Å². The molecule has 1 aliphatic heterocycles. The van der Waals surface area contributed by atoms with Crippen LogP contribution < -0.4 is 9.80 Å². The second kappa shape index (κ2) is 5.21. The molecule has 26 heavy (non-hydrogen) atoms. The highest BCUT2D eigenvalue weighted by molar-refractivity contribution is 6.10. The van der Waals surface area contributed by atoms with Crippen LogP contribution in [-0.2, 0) is 0 Å². The molecule has 4 aromatic rings. The van der Waals surface area contributed by atoms with Crippen molar-refractivity contribution in [2.24, 2.45) is 0 Å². The number of rotatable bonds is 1. The average molecular weight is 342 g/mol. The summed E-state index contributed by atoms with van der Waals surface area (Å²) in [6.45, 7) is 8.33. The summed E-state index contributed by atoms with van der Waals surface area (Å²) in [4.78, 5) is 13.2. The van der Waals surface area contributed by atoms with Crippen LogP contribution in [0.1, 0.15) is 11.3 Å².